The second-order valence-electron chi connectivity index (χ2n) is 27.0. The van der Waals surface area contributed by atoms with Crippen LogP contribution >= 0.6 is 7.82 Å². The molecule has 0 rings (SSSR count). The van der Waals surface area contributed by atoms with E-state index in [1.54, 1.807) is 6.08 Å². The largest absolute Gasteiger partial charge is 0.472 e. The topological polar surface area (TPSA) is 105 Å². The maximum Gasteiger partial charge on any atom is 0.472 e. The van der Waals surface area contributed by atoms with Crippen LogP contribution in [0.4, 0.5) is 0 Å². The zero-order valence-corrected chi connectivity index (χ0v) is 57.6. The number of aliphatic hydroxyl groups excluding tert-OH is 1. The number of unbranched alkanes of at least 4 members (excludes halogenated alkanes) is 55. The number of likely N-dealkylation sites (N-methyl/N-ethyl adjacent to an activating group) is 1. The molecule has 494 valence electrons. The molecule has 0 aromatic heterocycles. The molecule has 0 aliphatic rings. The van der Waals surface area contributed by atoms with Crippen LogP contribution < -0.4 is 5.32 Å². The van der Waals surface area contributed by atoms with E-state index in [0.29, 0.717) is 17.4 Å². The average molecular weight is 1190 g/mol. The Morgan fingerprint density at radius 3 is 0.964 bits per heavy atom. The molecule has 8 nitrogen and oxygen atoms in total. The predicted octanol–water partition coefficient (Wildman–Crippen LogP) is 23.8. The minimum absolute atomic E-state index is 0.0592. The molecule has 0 saturated carbocycles. The van der Waals surface area contributed by atoms with E-state index in [9.17, 15) is 19.4 Å². The molecular weight excluding hydrogens is 1040 g/mol. The van der Waals surface area contributed by atoms with Gasteiger partial charge in [0.2, 0.25) is 5.91 Å². The molecule has 0 spiro atoms. The summed E-state index contributed by atoms with van der Waals surface area (Å²) in [5.41, 5.74) is 0. The standard InChI is InChI=1S/C74H147N2O6P/c1-6-8-10-12-14-16-18-20-22-24-26-28-30-32-34-36-37-38-40-41-43-45-47-49-51-53-55-57-59-61-63-65-67-73(77)72(71-82-83(79,80)81-70-69-76(3,4)5)75-74(78)68-66-64-62-60-58-56-54-52-50-48-46-44-42-39-35-33-31-29-27-25-23-21-19-17-15-13-11-9-7-2/h57,59,65,67,72-73,77H,6-56,58,60-64,66,68-71H2,1-5H3,(H-,75,78,79,80)/p+1/b59-57+,67-65+. The molecular formula is C74H148N2O6P+. The smallest absolute Gasteiger partial charge is 0.387 e. The highest BCUT2D eigenvalue weighted by Gasteiger charge is 2.28. The molecule has 3 unspecified atom stereocenters. The Balaban J connectivity index is 4.03. The predicted molar refractivity (Wildman–Crippen MR) is 365 cm³/mol. The Kier molecular flexibility index (Phi) is 64.6. The van der Waals surface area contributed by atoms with Crippen molar-refractivity contribution < 1.29 is 32.9 Å². The van der Waals surface area contributed by atoms with Crippen LogP contribution in [0.25, 0.3) is 0 Å². The lowest BCUT2D eigenvalue weighted by atomic mass is 10.0. The quantitative estimate of drug-likeness (QED) is 0.0243. The number of amides is 1. The van der Waals surface area contributed by atoms with E-state index in [-0.39, 0.29) is 19.1 Å². The first-order valence-corrected chi connectivity index (χ1v) is 38.7. The summed E-state index contributed by atoms with van der Waals surface area (Å²) < 4.78 is 23.8. The van der Waals surface area contributed by atoms with Gasteiger partial charge in [0.05, 0.1) is 39.9 Å². The molecule has 83 heavy (non-hydrogen) atoms. The van der Waals surface area contributed by atoms with E-state index in [4.69, 9.17) is 9.05 Å². The molecule has 9 heteroatoms. The van der Waals surface area contributed by atoms with E-state index in [1.807, 2.05) is 27.2 Å². The van der Waals surface area contributed by atoms with E-state index in [1.165, 1.54) is 334 Å². The summed E-state index contributed by atoms with van der Waals surface area (Å²) in [6.45, 7) is 4.87. The minimum atomic E-state index is -4.36. The number of nitrogens with one attached hydrogen (secondary N) is 1. The first-order valence-electron chi connectivity index (χ1n) is 37.2. The Morgan fingerprint density at radius 1 is 0.398 bits per heavy atom. The Bertz CT molecular complexity index is 1400. The first-order chi connectivity index (χ1) is 40.5. The molecule has 0 aromatic rings. The summed E-state index contributed by atoms with van der Waals surface area (Å²) in [5, 5.41) is 14.0. The third kappa shape index (κ3) is 68.3. The summed E-state index contributed by atoms with van der Waals surface area (Å²) in [7, 11) is 1.58. The SMILES string of the molecule is CCCCCCCCCCCCCCCCCCCCCCCCCCCC/C=C/CC/C=C/C(O)C(COP(=O)(O)OCC[N+](C)(C)C)NC(=O)CCCCCCCCCCCCCCCCCCCCCCCCCCCCCCC. The molecule has 1 amide bonds. The van der Waals surface area contributed by atoms with E-state index in [0.717, 1.165) is 38.5 Å². The van der Waals surface area contributed by atoms with Gasteiger partial charge in [0.1, 0.15) is 13.2 Å². The molecule has 3 atom stereocenters. The molecule has 0 saturated heterocycles. The van der Waals surface area contributed by atoms with Gasteiger partial charge < -0.3 is 19.8 Å². The molecule has 0 heterocycles. The molecule has 0 radical (unpaired) electrons. The number of hydrogen-bond donors (Lipinski definition) is 3. The van der Waals surface area contributed by atoms with Crippen LogP contribution in [0, 0.1) is 0 Å². The second kappa shape index (κ2) is 65.4. The van der Waals surface area contributed by atoms with Gasteiger partial charge >= 0.3 is 7.82 Å². The van der Waals surface area contributed by atoms with Crippen molar-refractivity contribution in [2.45, 2.75) is 405 Å². The maximum absolute atomic E-state index is 13.1. The number of phosphoric acid groups is 1. The molecule has 0 aromatic carbocycles. The zero-order valence-electron chi connectivity index (χ0n) is 56.7. The van der Waals surface area contributed by atoms with Gasteiger partial charge in [0.25, 0.3) is 0 Å². The van der Waals surface area contributed by atoms with Crippen LogP contribution in [0.15, 0.2) is 24.3 Å². The number of rotatable bonds is 70. The Morgan fingerprint density at radius 2 is 0.663 bits per heavy atom. The Labute approximate surface area is 519 Å². The van der Waals surface area contributed by atoms with Crippen molar-refractivity contribution in [1.29, 1.82) is 0 Å². The number of hydrogen-bond acceptors (Lipinski definition) is 5. The van der Waals surface area contributed by atoms with Crippen LogP contribution in [0.2, 0.25) is 0 Å². The lowest BCUT2D eigenvalue weighted by Gasteiger charge is -2.25. The van der Waals surface area contributed by atoms with Crippen molar-refractivity contribution >= 4 is 13.7 Å². The number of quaternary nitrogens is 1. The third-order valence-corrected chi connectivity index (χ3v) is 18.4. The number of carbonyl (C=O) groups is 1. The summed E-state index contributed by atoms with van der Waals surface area (Å²) in [6.07, 6.45) is 86.4. The van der Waals surface area contributed by atoms with Crippen LogP contribution in [0.3, 0.4) is 0 Å². The van der Waals surface area contributed by atoms with Gasteiger partial charge in [-0.3, -0.25) is 13.8 Å². The van der Waals surface area contributed by atoms with Crippen molar-refractivity contribution in [3.8, 4) is 0 Å². The molecule has 0 aliphatic carbocycles. The average Bonchev–Trinajstić information content (AvgIpc) is 3.49. The van der Waals surface area contributed by atoms with Gasteiger partial charge in [-0.15, -0.1) is 0 Å². The van der Waals surface area contributed by atoms with Crippen LogP contribution in [0.1, 0.15) is 393 Å². The van der Waals surface area contributed by atoms with Gasteiger partial charge in [-0.2, -0.15) is 0 Å². The normalized spacial score (nSPS) is 13.7. The maximum atomic E-state index is 13.1. The molecule has 3 N–H and O–H groups in total. The summed E-state index contributed by atoms with van der Waals surface area (Å²) >= 11 is 0. The van der Waals surface area contributed by atoms with Crippen LogP contribution in [0.5, 0.6) is 0 Å². The fourth-order valence-electron chi connectivity index (χ4n) is 11.7. The van der Waals surface area contributed by atoms with Gasteiger partial charge in [-0.1, -0.05) is 378 Å². The van der Waals surface area contributed by atoms with Gasteiger partial charge in [-0.05, 0) is 32.1 Å². The Hall–Kier alpha value is -1.02. The van der Waals surface area contributed by atoms with Crippen molar-refractivity contribution in [2.75, 3.05) is 40.9 Å². The summed E-state index contributed by atoms with van der Waals surface area (Å²) in [6, 6.07) is -0.862. The number of phosphoric ester groups is 1. The number of aliphatic hydroxyl groups is 1. The zero-order chi connectivity index (χ0) is 60.5. The number of allylic oxidation sites excluding steroid dienone is 3. The van der Waals surface area contributed by atoms with Gasteiger partial charge in [0, 0.05) is 6.42 Å². The van der Waals surface area contributed by atoms with Crippen LogP contribution in [-0.2, 0) is 18.4 Å². The highest BCUT2D eigenvalue weighted by Crippen LogP contribution is 2.43. The third-order valence-electron chi connectivity index (χ3n) is 17.4. The van der Waals surface area contributed by atoms with Crippen molar-refractivity contribution in [3.63, 3.8) is 0 Å². The van der Waals surface area contributed by atoms with Crippen molar-refractivity contribution in [3.05, 3.63) is 24.3 Å². The molecule has 0 fully saturated rings. The first kappa shape index (κ1) is 82.0. The second-order valence-corrected chi connectivity index (χ2v) is 28.5. The van der Waals surface area contributed by atoms with E-state index >= 15 is 0 Å². The van der Waals surface area contributed by atoms with Crippen molar-refractivity contribution in [2.24, 2.45) is 0 Å². The monoisotopic (exact) mass is 1190 g/mol. The fourth-order valence-corrected chi connectivity index (χ4v) is 12.4. The van der Waals surface area contributed by atoms with Crippen LogP contribution in [-0.4, -0.2) is 73.4 Å². The van der Waals surface area contributed by atoms with E-state index < -0.39 is 20.0 Å². The number of carbonyl (C=O) groups excluding carboxylic acids is 1. The lowest BCUT2D eigenvalue weighted by Crippen LogP contribution is -2.45. The molecule has 0 bridgehead atoms. The van der Waals surface area contributed by atoms with E-state index in [2.05, 4.69) is 31.3 Å². The highest BCUT2D eigenvalue weighted by atomic mass is 31.2. The summed E-state index contributed by atoms with van der Waals surface area (Å²) in [4.78, 5) is 23.4. The summed E-state index contributed by atoms with van der Waals surface area (Å²) in [5.74, 6) is -0.177. The highest BCUT2D eigenvalue weighted by molar-refractivity contribution is 7.47. The fraction of sp³-hybridized carbons (Fsp3) is 0.932. The van der Waals surface area contributed by atoms with Gasteiger partial charge in [-0.25, -0.2) is 4.57 Å². The lowest BCUT2D eigenvalue weighted by molar-refractivity contribution is -0.870. The number of nitrogens with zero attached hydrogens (tertiary/aromatic N) is 1. The molecule has 0 aliphatic heterocycles. The van der Waals surface area contributed by atoms with Crippen molar-refractivity contribution in [1.82, 2.24) is 5.32 Å². The van der Waals surface area contributed by atoms with Gasteiger partial charge in [0.15, 0.2) is 0 Å². The minimum Gasteiger partial charge on any atom is -0.387 e.